The van der Waals surface area contributed by atoms with Crippen molar-refractivity contribution in [2.24, 2.45) is 7.05 Å². The Morgan fingerprint density at radius 1 is 1.32 bits per heavy atom. The van der Waals surface area contributed by atoms with Crippen LogP contribution in [-0.2, 0) is 41.3 Å². The van der Waals surface area contributed by atoms with Crippen molar-refractivity contribution in [2.75, 3.05) is 6.54 Å². The van der Waals surface area contributed by atoms with E-state index in [9.17, 15) is 13.2 Å². The summed E-state index contributed by atoms with van der Waals surface area (Å²) in [5.41, 5.74) is 3.10. The van der Waals surface area contributed by atoms with E-state index in [1.807, 2.05) is 11.7 Å². The number of carbonyl (C=O) groups excluding carboxylic acids is 1. The number of sulfonamides is 1. The molecule has 1 aliphatic carbocycles. The fraction of sp³-hybridized carbons (Fsp3) is 0.611. The van der Waals surface area contributed by atoms with Gasteiger partial charge in [-0.2, -0.15) is 9.40 Å². The number of fused-ring (bicyclic) bond motifs is 1. The first kappa shape index (κ1) is 19.1. The fourth-order valence-electron chi connectivity index (χ4n) is 3.78. The highest BCUT2D eigenvalue weighted by Crippen LogP contribution is 2.30. The van der Waals surface area contributed by atoms with Crippen molar-refractivity contribution in [1.29, 1.82) is 0 Å². The summed E-state index contributed by atoms with van der Waals surface area (Å²) in [5, 5.41) is 11.3. The Kier molecular flexibility index (Phi) is 4.78. The number of hydrogen-bond donors (Lipinski definition) is 1. The van der Waals surface area contributed by atoms with E-state index in [2.05, 4.69) is 15.6 Å². The number of nitrogens with zero attached hydrogens (tertiary/aromatic N) is 4. The van der Waals surface area contributed by atoms with E-state index in [1.54, 1.807) is 13.8 Å². The molecule has 3 heterocycles. The number of aromatic nitrogens is 3. The number of amides is 1. The minimum Gasteiger partial charge on any atom is -0.360 e. The van der Waals surface area contributed by atoms with Crippen LogP contribution in [0.1, 0.15) is 47.7 Å². The molecule has 0 aromatic carbocycles. The summed E-state index contributed by atoms with van der Waals surface area (Å²) >= 11 is 0. The van der Waals surface area contributed by atoms with Crippen LogP contribution in [0.2, 0.25) is 0 Å². The van der Waals surface area contributed by atoms with Gasteiger partial charge in [0.25, 0.3) is 0 Å². The summed E-state index contributed by atoms with van der Waals surface area (Å²) in [5.74, 6) is 0.323. The largest absolute Gasteiger partial charge is 0.360 e. The van der Waals surface area contributed by atoms with Gasteiger partial charge < -0.3 is 9.84 Å². The van der Waals surface area contributed by atoms with Gasteiger partial charge in [0.2, 0.25) is 15.9 Å². The van der Waals surface area contributed by atoms with E-state index in [4.69, 9.17) is 4.52 Å². The van der Waals surface area contributed by atoms with Gasteiger partial charge >= 0.3 is 0 Å². The average molecular weight is 407 g/mol. The van der Waals surface area contributed by atoms with Gasteiger partial charge in [-0.25, -0.2) is 8.42 Å². The predicted octanol–water partition coefficient (Wildman–Crippen LogP) is 0.983. The van der Waals surface area contributed by atoms with Crippen molar-refractivity contribution in [3.05, 3.63) is 28.4 Å². The topological polar surface area (TPSA) is 110 Å². The van der Waals surface area contributed by atoms with Crippen molar-refractivity contribution in [2.45, 2.75) is 63.4 Å². The lowest BCUT2D eigenvalue weighted by Crippen LogP contribution is -2.37. The Balaban J connectivity index is 1.55. The summed E-state index contributed by atoms with van der Waals surface area (Å²) in [6.07, 6.45) is 3.55. The predicted molar refractivity (Wildman–Crippen MR) is 100.0 cm³/mol. The molecular formula is C18H25N5O4S. The number of carbonyl (C=O) groups is 1. The highest BCUT2D eigenvalue weighted by Gasteiger charge is 2.35. The van der Waals surface area contributed by atoms with Crippen LogP contribution < -0.4 is 5.32 Å². The van der Waals surface area contributed by atoms with Gasteiger partial charge in [-0.3, -0.25) is 9.48 Å². The molecule has 28 heavy (non-hydrogen) atoms. The van der Waals surface area contributed by atoms with E-state index in [1.165, 1.54) is 4.31 Å². The third-order valence-corrected chi connectivity index (χ3v) is 7.48. The first-order chi connectivity index (χ1) is 13.3. The lowest BCUT2D eigenvalue weighted by atomic mass is 10.0. The van der Waals surface area contributed by atoms with E-state index in [0.717, 1.165) is 29.8 Å². The van der Waals surface area contributed by atoms with E-state index < -0.39 is 10.0 Å². The average Bonchev–Trinajstić information content (AvgIpc) is 3.31. The lowest BCUT2D eigenvalue weighted by Gasteiger charge is -2.26. The van der Waals surface area contributed by atoms with Crippen LogP contribution in [0, 0.1) is 13.8 Å². The molecule has 0 unspecified atom stereocenters. The van der Waals surface area contributed by atoms with Crippen LogP contribution in [0.4, 0.5) is 0 Å². The molecule has 0 atom stereocenters. The molecule has 2 aromatic rings. The molecule has 4 rings (SSSR count). The van der Waals surface area contributed by atoms with Crippen molar-refractivity contribution in [3.8, 4) is 0 Å². The maximum absolute atomic E-state index is 13.1. The minimum absolute atomic E-state index is 0.0258. The smallest absolute Gasteiger partial charge is 0.248 e. The van der Waals surface area contributed by atoms with Crippen molar-refractivity contribution >= 4 is 15.9 Å². The second kappa shape index (κ2) is 7.00. The van der Waals surface area contributed by atoms with Gasteiger partial charge in [0, 0.05) is 56.7 Å². The van der Waals surface area contributed by atoms with Crippen LogP contribution >= 0.6 is 0 Å². The highest BCUT2D eigenvalue weighted by molar-refractivity contribution is 7.89. The molecule has 1 amide bonds. The number of hydrogen-bond acceptors (Lipinski definition) is 6. The van der Waals surface area contributed by atoms with Gasteiger partial charge in [-0.15, -0.1) is 0 Å². The Labute approximate surface area is 164 Å². The molecule has 0 radical (unpaired) electrons. The fourth-order valence-corrected chi connectivity index (χ4v) is 5.48. The standard InChI is InChI=1S/C18H25N5O4S/c1-11-18(12(2)27-21-11)28(25,26)23-9-8-16-14(10-23)15(20-22(16)3)6-7-17(24)19-13-4-5-13/h13H,4-10H2,1-3H3,(H,19,24). The highest BCUT2D eigenvalue weighted by atomic mass is 32.2. The first-order valence-electron chi connectivity index (χ1n) is 9.53. The maximum atomic E-state index is 13.1. The Hall–Kier alpha value is -2.20. The van der Waals surface area contributed by atoms with Gasteiger partial charge in [-0.05, 0) is 26.7 Å². The Morgan fingerprint density at radius 3 is 2.71 bits per heavy atom. The van der Waals surface area contributed by atoms with Gasteiger partial charge in [0.05, 0.1) is 5.69 Å². The zero-order valence-electron chi connectivity index (χ0n) is 16.4. The molecule has 1 fully saturated rings. The molecule has 0 saturated heterocycles. The molecule has 10 heteroatoms. The molecule has 1 aliphatic heterocycles. The molecular weight excluding hydrogens is 382 g/mol. The van der Waals surface area contributed by atoms with Crippen molar-refractivity contribution in [1.82, 2.24) is 24.6 Å². The van der Waals surface area contributed by atoms with Crippen molar-refractivity contribution < 1.29 is 17.7 Å². The Morgan fingerprint density at radius 2 is 2.07 bits per heavy atom. The van der Waals surface area contributed by atoms with Crippen LogP contribution in [0.5, 0.6) is 0 Å². The zero-order valence-corrected chi connectivity index (χ0v) is 17.2. The molecule has 1 saturated carbocycles. The van der Waals surface area contributed by atoms with Gasteiger partial charge in [0.1, 0.15) is 10.6 Å². The molecule has 0 spiro atoms. The molecule has 9 nitrogen and oxygen atoms in total. The normalized spacial score (nSPS) is 17.5. The number of aryl methyl sites for hydroxylation is 4. The monoisotopic (exact) mass is 407 g/mol. The van der Waals surface area contributed by atoms with Crippen LogP contribution in [-0.4, -0.2) is 46.2 Å². The maximum Gasteiger partial charge on any atom is 0.248 e. The van der Waals surface area contributed by atoms with E-state index in [-0.39, 0.29) is 17.3 Å². The minimum atomic E-state index is -3.71. The zero-order chi connectivity index (χ0) is 20.1. The van der Waals surface area contributed by atoms with Gasteiger partial charge in [-0.1, -0.05) is 5.16 Å². The molecule has 2 aromatic heterocycles. The third kappa shape index (κ3) is 3.46. The lowest BCUT2D eigenvalue weighted by molar-refractivity contribution is -0.121. The molecule has 0 bridgehead atoms. The molecule has 152 valence electrons. The van der Waals surface area contributed by atoms with E-state index >= 15 is 0 Å². The quantitative estimate of drug-likeness (QED) is 0.764. The van der Waals surface area contributed by atoms with E-state index in [0.29, 0.717) is 43.3 Å². The Bertz CT molecular complexity index is 1000. The first-order valence-corrected chi connectivity index (χ1v) is 11.0. The number of rotatable bonds is 6. The van der Waals surface area contributed by atoms with Crippen LogP contribution in [0.3, 0.4) is 0 Å². The summed E-state index contributed by atoms with van der Waals surface area (Å²) in [6.45, 7) is 3.86. The summed E-state index contributed by atoms with van der Waals surface area (Å²) in [7, 11) is -1.84. The second-order valence-corrected chi connectivity index (χ2v) is 9.45. The molecule has 1 N–H and O–H groups in total. The summed E-state index contributed by atoms with van der Waals surface area (Å²) in [4.78, 5) is 12.2. The van der Waals surface area contributed by atoms with Crippen LogP contribution in [0.15, 0.2) is 9.42 Å². The van der Waals surface area contributed by atoms with Crippen molar-refractivity contribution in [3.63, 3.8) is 0 Å². The second-order valence-electron chi connectivity index (χ2n) is 7.58. The van der Waals surface area contributed by atoms with Crippen LogP contribution in [0.25, 0.3) is 0 Å². The SMILES string of the molecule is Cc1noc(C)c1S(=O)(=O)N1CCc2c(c(CCC(=O)NC3CC3)nn2C)C1. The summed E-state index contributed by atoms with van der Waals surface area (Å²) < 4.78 is 34.6. The summed E-state index contributed by atoms with van der Waals surface area (Å²) in [6, 6.07) is 0.334. The van der Waals surface area contributed by atoms with Gasteiger partial charge in [0.15, 0.2) is 5.76 Å². The number of nitrogens with one attached hydrogen (secondary N) is 1. The molecule has 2 aliphatic rings. The third-order valence-electron chi connectivity index (χ3n) is 5.39.